The largest absolute Gasteiger partial charge is 0.573 e. The second-order valence-corrected chi connectivity index (χ2v) is 7.37. The summed E-state index contributed by atoms with van der Waals surface area (Å²) in [5.74, 6) is -0.992. The van der Waals surface area contributed by atoms with E-state index in [1.165, 1.54) is 12.1 Å². The molecule has 31 heavy (non-hydrogen) atoms. The van der Waals surface area contributed by atoms with Crippen molar-refractivity contribution in [3.63, 3.8) is 0 Å². The third-order valence-electron chi connectivity index (χ3n) is 4.29. The summed E-state index contributed by atoms with van der Waals surface area (Å²) < 4.78 is 41.0. The zero-order chi connectivity index (χ0) is 21.8. The third kappa shape index (κ3) is 5.29. The lowest BCUT2D eigenvalue weighted by molar-refractivity contribution is -0.274. The number of hydrogen-bond donors (Lipinski definition) is 1. The topological polar surface area (TPSA) is 51.2 Å². The number of thiazole rings is 1. The summed E-state index contributed by atoms with van der Waals surface area (Å²) in [5, 5.41) is 5.54. The minimum Gasteiger partial charge on any atom is -0.406 e. The van der Waals surface area contributed by atoms with Gasteiger partial charge < -0.3 is 10.1 Å². The monoisotopic (exact) mass is 440 g/mol. The van der Waals surface area contributed by atoms with Crippen molar-refractivity contribution < 1.29 is 22.7 Å². The van der Waals surface area contributed by atoms with Gasteiger partial charge in [-0.2, -0.15) is 0 Å². The van der Waals surface area contributed by atoms with Crippen molar-refractivity contribution in [2.75, 3.05) is 5.32 Å². The van der Waals surface area contributed by atoms with Crippen LogP contribution in [-0.2, 0) is 0 Å². The molecule has 4 nitrogen and oxygen atoms in total. The number of amides is 1. The number of nitrogens with one attached hydrogen (secondary N) is 1. The lowest BCUT2D eigenvalue weighted by Crippen LogP contribution is -2.18. The van der Waals surface area contributed by atoms with Gasteiger partial charge in [0.2, 0.25) is 0 Å². The molecule has 1 heterocycles. The normalized spacial score (nSPS) is 11.2. The van der Waals surface area contributed by atoms with Gasteiger partial charge in [-0.1, -0.05) is 48.5 Å². The van der Waals surface area contributed by atoms with Crippen LogP contribution in [0.4, 0.5) is 18.9 Å². The Hall–Kier alpha value is -3.65. The van der Waals surface area contributed by atoms with Crippen LogP contribution in [0.15, 0.2) is 84.2 Å². The van der Waals surface area contributed by atoms with Crippen LogP contribution >= 0.6 is 11.3 Å². The molecule has 0 aliphatic heterocycles. The third-order valence-corrected chi connectivity index (χ3v) is 5.18. The highest BCUT2D eigenvalue weighted by atomic mass is 32.1. The Balaban J connectivity index is 1.45. The van der Waals surface area contributed by atoms with Gasteiger partial charge in [0.1, 0.15) is 10.8 Å². The first-order valence-electron chi connectivity index (χ1n) is 9.16. The maximum Gasteiger partial charge on any atom is 0.573 e. The molecule has 1 aromatic heterocycles. The highest BCUT2D eigenvalue weighted by Gasteiger charge is 2.31. The molecule has 0 aliphatic rings. The van der Waals surface area contributed by atoms with Gasteiger partial charge in [-0.3, -0.25) is 4.79 Å². The number of halogens is 3. The van der Waals surface area contributed by atoms with Crippen molar-refractivity contribution in [2.45, 2.75) is 6.36 Å². The second kappa shape index (κ2) is 8.61. The first-order valence-corrected chi connectivity index (χ1v) is 10.0. The Morgan fingerprint density at radius 2 is 1.65 bits per heavy atom. The van der Waals surface area contributed by atoms with Gasteiger partial charge in [-0.25, -0.2) is 4.98 Å². The summed E-state index contributed by atoms with van der Waals surface area (Å²) in [5.41, 5.74) is 3.31. The van der Waals surface area contributed by atoms with Gasteiger partial charge in [0.25, 0.3) is 5.91 Å². The van der Waals surface area contributed by atoms with Crippen molar-refractivity contribution in [2.24, 2.45) is 0 Å². The van der Waals surface area contributed by atoms with E-state index >= 15 is 0 Å². The van der Waals surface area contributed by atoms with E-state index in [1.807, 2.05) is 47.8 Å². The molecule has 4 rings (SSSR count). The van der Waals surface area contributed by atoms with Crippen molar-refractivity contribution in [1.29, 1.82) is 0 Å². The average molecular weight is 440 g/mol. The average Bonchev–Trinajstić information content (AvgIpc) is 3.24. The molecule has 8 heteroatoms. The Morgan fingerprint density at radius 3 is 2.35 bits per heavy atom. The van der Waals surface area contributed by atoms with Crippen LogP contribution < -0.4 is 10.1 Å². The minimum atomic E-state index is -4.82. The molecule has 4 aromatic rings. The van der Waals surface area contributed by atoms with E-state index in [4.69, 9.17) is 0 Å². The molecule has 0 unspecified atom stereocenters. The Bertz CT molecular complexity index is 1190. The maximum absolute atomic E-state index is 12.4. The fourth-order valence-electron chi connectivity index (χ4n) is 2.88. The standard InChI is InChI=1S/C23H15F3N2O2S/c24-23(25,26)30-19-8-4-7-17(13-19)21(29)27-18-11-9-15(10-12-18)20-14-31-22(28-20)16-5-2-1-3-6-16/h1-14H,(H,27,29). The van der Waals surface area contributed by atoms with Crippen molar-refractivity contribution >= 4 is 22.9 Å². The molecular weight excluding hydrogens is 425 g/mol. The fraction of sp³-hybridized carbons (Fsp3) is 0.0435. The molecular formula is C23H15F3N2O2S. The summed E-state index contributed by atoms with van der Waals surface area (Å²) in [4.78, 5) is 17.0. The van der Waals surface area contributed by atoms with Crippen molar-refractivity contribution in [1.82, 2.24) is 4.98 Å². The molecule has 0 saturated carbocycles. The molecule has 0 spiro atoms. The maximum atomic E-state index is 12.4. The predicted molar refractivity (Wildman–Crippen MR) is 114 cm³/mol. The lowest BCUT2D eigenvalue weighted by Gasteiger charge is -2.10. The number of anilines is 1. The first kappa shape index (κ1) is 20.6. The van der Waals surface area contributed by atoms with Gasteiger partial charge in [0.15, 0.2) is 0 Å². The molecule has 0 bridgehead atoms. The van der Waals surface area contributed by atoms with E-state index in [9.17, 15) is 18.0 Å². The second-order valence-electron chi connectivity index (χ2n) is 6.51. The van der Waals surface area contributed by atoms with E-state index in [1.54, 1.807) is 23.5 Å². The molecule has 0 radical (unpaired) electrons. The van der Waals surface area contributed by atoms with E-state index in [-0.39, 0.29) is 5.56 Å². The summed E-state index contributed by atoms with van der Waals surface area (Å²) in [7, 11) is 0. The molecule has 1 N–H and O–H groups in total. The van der Waals surface area contributed by atoms with Gasteiger partial charge >= 0.3 is 6.36 Å². The van der Waals surface area contributed by atoms with Crippen LogP contribution in [0, 0.1) is 0 Å². The lowest BCUT2D eigenvalue weighted by atomic mass is 10.1. The van der Waals surface area contributed by atoms with Crippen LogP contribution in [0.5, 0.6) is 5.75 Å². The van der Waals surface area contributed by atoms with Crippen LogP contribution in [0.2, 0.25) is 0 Å². The molecule has 0 saturated heterocycles. The number of ether oxygens (including phenoxy) is 1. The van der Waals surface area contributed by atoms with Gasteiger partial charge in [-0.15, -0.1) is 24.5 Å². The highest BCUT2D eigenvalue weighted by Crippen LogP contribution is 2.29. The first-order chi connectivity index (χ1) is 14.9. The van der Waals surface area contributed by atoms with Crippen LogP contribution in [0.25, 0.3) is 21.8 Å². The quantitative estimate of drug-likeness (QED) is 0.379. The number of hydrogen-bond acceptors (Lipinski definition) is 4. The molecule has 0 fully saturated rings. The van der Waals surface area contributed by atoms with Crippen LogP contribution in [0.1, 0.15) is 10.4 Å². The highest BCUT2D eigenvalue weighted by molar-refractivity contribution is 7.13. The number of benzene rings is 3. The molecule has 0 atom stereocenters. The van der Waals surface area contributed by atoms with E-state index < -0.39 is 18.0 Å². The fourth-order valence-corrected chi connectivity index (χ4v) is 3.72. The van der Waals surface area contributed by atoms with Crippen LogP contribution in [-0.4, -0.2) is 17.3 Å². The minimum absolute atomic E-state index is 0.0535. The number of nitrogens with zero attached hydrogens (tertiary/aromatic N) is 1. The summed E-state index contributed by atoms with van der Waals surface area (Å²) >= 11 is 1.54. The molecule has 0 aliphatic carbocycles. The van der Waals surface area contributed by atoms with Crippen molar-refractivity contribution in [3.05, 3.63) is 89.8 Å². The summed E-state index contributed by atoms with van der Waals surface area (Å²) in [6, 6.07) is 21.8. The van der Waals surface area contributed by atoms with Crippen LogP contribution in [0.3, 0.4) is 0 Å². The van der Waals surface area contributed by atoms with E-state index in [0.717, 1.165) is 34.0 Å². The number of aromatic nitrogens is 1. The Labute approximate surface area is 180 Å². The number of alkyl halides is 3. The smallest absolute Gasteiger partial charge is 0.406 e. The van der Waals surface area contributed by atoms with Gasteiger partial charge in [0.05, 0.1) is 5.69 Å². The van der Waals surface area contributed by atoms with Crippen molar-refractivity contribution in [3.8, 4) is 27.6 Å². The van der Waals surface area contributed by atoms with E-state index in [2.05, 4.69) is 15.0 Å². The zero-order valence-electron chi connectivity index (χ0n) is 15.9. The van der Waals surface area contributed by atoms with E-state index in [0.29, 0.717) is 5.69 Å². The Morgan fingerprint density at radius 1 is 0.903 bits per heavy atom. The van der Waals surface area contributed by atoms with Gasteiger partial charge in [-0.05, 0) is 30.3 Å². The van der Waals surface area contributed by atoms with Gasteiger partial charge in [0, 0.05) is 27.8 Å². The predicted octanol–water partition coefficient (Wildman–Crippen LogP) is 6.63. The summed E-state index contributed by atoms with van der Waals surface area (Å²) in [6.07, 6.45) is -4.82. The number of rotatable bonds is 5. The SMILES string of the molecule is O=C(Nc1ccc(-c2csc(-c3ccccc3)n2)cc1)c1cccc(OC(F)(F)F)c1. The molecule has 156 valence electrons. The Kier molecular flexibility index (Phi) is 5.73. The summed E-state index contributed by atoms with van der Waals surface area (Å²) in [6.45, 7) is 0. The number of carbonyl (C=O) groups is 1. The molecule has 3 aromatic carbocycles. The molecule has 1 amide bonds. The number of carbonyl (C=O) groups excluding carboxylic acids is 1. The zero-order valence-corrected chi connectivity index (χ0v) is 16.7.